The molecule has 0 bridgehead atoms. The molecule has 0 aliphatic heterocycles. The summed E-state index contributed by atoms with van der Waals surface area (Å²) in [5.41, 5.74) is 2.89. The molecule has 0 radical (unpaired) electrons. The fourth-order valence-corrected chi connectivity index (χ4v) is 3.24. The lowest BCUT2D eigenvalue weighted by atomic mass is 10.1. The first-order valence-corrected chi connectivity index (χ1v) is 9.06. The van der Waals surface area contributed by atoms with Crippen LogP contribution in [0.25, 0.3) is 10.8 Å². The van der Waals surface area contributed by atoms with Crippen LogP contribution >= 0.6 is 0 Å². The van der Waals surface area contributed by atoms with Crippen LogP contribution in [0.4, 0.5) is 11.4 Å². The van der Waals surface area contributed by atoms with E-state index in [9.17, 15) is 14.9 Å². The molecule has 0 unspecified atom stereocenters. The maximum Gasteiger partial charge on any atom is 0.293 e. The van der Waals surface area contributed by atoms with Crippen LogP contribution in [-0.4, -0.2) is 29.3 Å². The zero-order valence-electron chi connectivity index (χ0n) is 16.2. The van der Waals surface area contributed by atoms with E-state index in [0.29, 0.717) is 12.1 Å². The van der Waals surface area contributed by atoms with Gasteiger partial charge in [-0.05, 0) is 54.4 Å². The minimum atomic E-state index is -0.471. The molecule has 0 heterocycles. The highest BCUT2D eigenvalue weighted by molar-refractivity contribution is 5.95. The molecule has 1 N–H and O–H groups in total. The van der Waals surface area contributed by atoms with Gasteiger partial charge in [-0.15, -0.1) is 0 Å². The van der Waals surface area contributed by atoms with Gasteiger partial charge in [0, 0.05) is 12.6 Å². The van der Waals surface area contributed by atoms with Gasteiger partial charge in [0.15, 0.2) is 0 Å². The Bertz CT molecular complexity index is 1050. The highest BCUT2D eigenvalue weighted by Gasteiger charge is 2.20. The van der Waals surface area contributed by atoms with Crippen molar-refractivity contribution in [3.8, 4) is 0 Å². The lowest BCUT2D eigenvalue weighted by molar-refractivity contribution is -0.384. The standard InChI is InChI=1S/C22H23N3O3/c1-15-8-11-20(25(27)28)22(16(15)2)23-21(26)14-24(3)13-17-9-10-18-6-4-5-7-19(18)12-17/h4-12H,13-14H2,1-3H3,(H,23,26). The van der Waals surface area contributed by atoms with Crippen LogP contribution in [0.5, 0.6) is 0 Å². The summed E-state index contributed by atoms with van der Waals surface area (Å²) in [5, 5.41) is 16.3. The number of aryl methyl sites for hydroxylation is 1. The first kappa shape index (κ1) is 19.5. The second-order valence-corrected chi connectivity index (χ2v) is 7.06. The van der Waals surface area contributed by atoms with Crippen molar-refractivity contribution in [2.75, 3.05) is 18.9 Å². The number of amides is 1. The number of benzene rings is 3. The molecule has 144 valence electrons. The molecule has 0 aromatic heterocycles. The van der Waals surface area contributed by atoms with Gasteiger partial charge in [0.1, 0.15) is 5.69 Å². The number of anilines is 1. The van der Waals surface area contributed by atoms with Crippen LogP contribution < -0.4 is 5.32 Å². The molecule has 3 aromatic rings. The van der Waals surface area contributed by atoms with Crippen molar-refractivity contribution >= 4 is 28.1 Å². The summed E-state index contributed by atoms with van der Waals surface area (Å²) in [4.78, 5) is 25.2. The van der Waals surface area contributed by atoms with Crippen LogP contribution in [0.3, 0.4) is 0 Å². The normalized spacial score (nSPS) is 11.0. The van der Waals surface area contributed by atoms with Crippen molar-refractivity contribution < 1.29 is 9.72 Å². The molecule has 3 rings (SSSR count). The molecule has 0 saturated heterocycles. The molecule has 28 heavy (non-hydrogen) atoms. The van der Waals surface area contributed by atoms with E-state index < -0.39 is 4.92 Å². The Balaban J connectivity index is 1.69. The second kappa shape index (κ2) is 8.19. The predicted octanol–water partition coefficient (Wildman–Crippen LogP) is 4.44. The van der Waals surface area contributed by atoms with Crippen molar-refractivity contribution in [2.45, 2.75) is 20.4 Å². The van der Waals surface area contributed by atoms with Gasteiger partial charge < -0.3 is 5.32 Å². The van der Waals surface area contributed by atoms with E-state index in [4.69, 9.17) is 0 Å². The topological polar surface area (TPSA) is 75.5 Å². The van der Waals surface area contributed by atoms with Gasteiger partial charge in [0.2, 0.25) is 5.91 Å². The zero-order chi connectivity index (χ0) is 20.3. The molecular formula is C22H23N3O3. The largest absolute Gasteiger partial charge is 0.319 e. The number of rotatable bonds is 6. The Morgan fingerprint density at radius 2 is 1.79 bits per heavy atom. The summed E-state index contributed by atoms with van der Waals surface area (Å²) in [6.45, 7) is 4.38. The first-order valence-electron chi connectivity index (χ1n) is 9.06. The SMILES string of the molecule is Cc1ccc([N+](=O)[O-])c(NC(=O)CN(C)Cc2ccc3ccccc3c2)c1C. The minimum absolute atomic E-state index is 0.0892. The lowest BCUT2D eigenvalue weighted by Gasteiger charge is -2.17. The van der Waals surface area contributed by atoms with Gasteiger partial charge in [0.05, 0.1) is 11.5 Å². The summed E-state index contributed by atoms with van der Waals surface area (Å²) >= 11 is 0. The highest BCUT2D eigenvalue weighted by atomic mass is 16.6. The predicted molar refractivity (Wildman–Crippen MR) is 111 cm³/mol. The maximum absolute atomic E-state index is 12.5. The Hall–Kier alpha value is -3.25. The second-order valence-electron chi connectivity index (χ2n) is 7.06. The Morgan fingerprint density at radius 1 is 1.07 bits per heavy atom. The van der Waals surface area contributed by atoms with Crippen LogP contribution in [0.2, 0.25) is 0 Å². The highest BCUT2D eigenvalue weighted by Crippen LogP contribution is 2.30. The van der Waals surface area contributed by atoms with Crippen LogP contribution in [0.15, 0.2) is 54.6 Å². The quantitative estimate of drug-likeness (QED) is 0.509. The van der Waals surface area contributed by atoms with E-state index in [0.717, 1.165) is 16.5 Å². The number of carbonyl (C=O) groups is 1. The zero-order valence-corrected chi connectivity index (χ0v) is 16.2. The number of fused-ring (bicyclic) bond motifs is 1. The number of nitro benzene ring substituents is 1. The van der Waals surface area contributed by atoms with E-state index in [-0.39, 0.29) is 23.8 Å². The fourth-order valence-electron chi connectivity index (χ4n) is 3.24. The van der Waals surface area contributed by atoms with E-state index >= 15 is 0 Å². The third kappa shape index (κ3) is 4.35. The molecule has 6 heteroatoms. The molecule has 0 saturated carbocycles. The number of carbonyl (C=O) groups excluding carboxylic acids is 1. The summed E-state index contributed by atoms with van der Waals surface area (Å²) < 4.78 is 0. The van der Waals surface area contributed by atoms with Gasteiger partial charge in [-0.25, -0.2) is 0 Å². The molecule has 0 fully saturated rings. The summed E-state index contributed by atoms with van der Waals surface area (Å²) in [6, 6.07) is 17.5. The van der Waals surface area contributed by atoms with Crippen LogP contribution in [-0.2, 0) is 11.3 Å². The fraction of sp³-hybridized carbons (Fsp3) is 0.227. The van der Waals surface area contributed by atoms with Crippen molar-refractivity contribution in [2.24, 2.45) is 0 Å². The molecule has 0 spiro atoms. The van der Waals surface area contributed by atoms with Gasteiger partial charge in [-0.2, -0.15) is 0 Å². The number of hydrogen-bond donors (Lipinski definition) is 1. The van der Waals surface area contributed by atoms with Crippen molar-refractivity contribution in [1.29, 1.82) is 0 Å². The summed E-state index contributed by atoms with van der Waals surface area (Å²) in [7, 11) is 1.85. The number of hydrogen-bond acceptors (Lipinski definition) is 4. The first-order chi connectivity index (χ1) is 13.3. The van der Waals surface area contributed by atoms with E-state index in [1.165, 1.54) is 11.5 Å². The smallest absolute Gasteiger partial charge is 0.293 e. The average molecular weight is 377 g/mol. The molecule has 1 amide bonds. The number of nitrogens with one attached hydrogen (secondary N) is 1. The monoisotopic (exact) mass is 377 g/mol. The number of likely N-dealkylation sites (N-methyl/N-ethyl adjacent to an activating group) is 1. The lowest BCUT2D eigenvalue weighted by Crippen LogP contribution is -2.30. The molecule has 3 aromatic carbocycles. The Morgan fingerprint density at radius 3 is 2.50 bits per heavy atom. The molecule has 0 aliphatic carbocycles. The molecule has 6 nitrogen and oxygen atoms in total. The Labute approximate surface area is 163 Å². The Kier molecular flexibility index (Phi) is 5.70. The van der Waals surface area contributed by atoms with Gasteiger partial charge in [-0.1, -0.05) is 42.5 Å². The van der Waals surface area contributed by atoms with E-state index in [1.54, 1.807) is 13.0 Å². The number of nitro groups is 1. The van der Waals surface area contributed by atoms with Crippen LogP contribution in [0.1, 0.15) is 16.7 Å². The molecular weight excluding hydrogens is 354 g/mol. The minimum Gasteiger partial charge on any atom is -0.319 e. The van der Waals surface area contributed by atoms with Gasteiger partial charge in [-0.3, -0.25) is 19.8 Å². The van der Waals surface area contributed by atoms with E-state index in [2.05, 4.69) is 29.6 Å². The van der Waals surface area contributed by atoms with Crippen molar-refractivity contribution in [3.05, 3.63) is 81.4 Å². The van der Waals surface area contributed by atoms with Crippen molar-refractivity contribution in [1.82, 2.24) is 4.90 Å². The summed E-state index contributed by atoms with van der Waals surface area (Å²) in [5.74, 6) is -0.278. The molecule has 0 aliphatic rings. The van der Waals surface area contributed by atoms with Crippen molar-refractivity contribution in [3.63, 3.8) is 0 Å². The number of nitrogens with zero attached hydrogens (tertiary/aromatic N) is 2. The summed E-state index contributed by atoms with van der Waals surface area (Å²) in [6.07, 6.45) is 0. The molecule has 0 atom stereocenters. The third-order valence-electron chi connectivity index (χ3n) is 4.85. The van der Waals surface area contributed by atoms with E-state index in [1.807, 2.05) is 37.1 Å². The third-order valence-corrected chi connectivity index (χ3v) is 4.85. The maximum atomic E-state index is 12.5. The average Bonchev–Trinajstić information content (AvgIpc) is 2.65. The van der Waals surface area contributed by atoms with Gasteiger partial charge >= 0.3 is 0 Å². The van der Waals surface area contributed by atoms with Crippen LogP contribution in [0, 0.1) is 24.0 Å². The van der Waals surface area contributed by atoms with Gasteiger partial charge in [0.25, 0.3) is 5.69 Å².